The van der Waals surface area contributed by atoms with Crippen LogP contribution in [0.3, 0.4) is 0 Å². The lowest BCUT2D eigenvalue weighted by Crippen LogP contribution is -2.14. The molecule has 1 aliphatic heterocycles. The van der Waals surface area contributed by atoms with E-state index < -0.39 is 27.9 Å². The highest BCUT2D eigenvalue weighted by atomic mass is 32.2. The van der Waals surface area contributed by atoms with Crippen LogP contribution >= 0.6 is 11.8 Å². The maximum absolute atomic E-state index is 14.1. The molecule has 2 aromatic rings. The Kier molecular flexibility index (Phi) is 3.96. The van der Waals surface area contributed by atoms with Crippen molar-refractivity contribution in [1.82, 2.24) is 0 Å². The summed E-state index contributed by atoms with van der Waals surface area (Å²) in [7, 11) is -3.77. The third-order valence-corrected chi connectivity index (χ3v) is 5.02. The van der Waals surface area contributed by atoms with Crippen molar-refractivity contribution in [2.75, 3.05) is 6.26 Å². The van der Waals surface area contributed by atoms with Gasteiger partial charge in [0.1, 0.15) is 6.10 Å². The van der Waals surface area contributed by atoms with E-state index in [0.717, 1.165) is 17.2 Å². The van der Waals surface area contributed by atoms with Crippen molar-refractivity contribution in [3.63, 3.8) is 0 Å². The first-order valence-electron chi connectivity index (χ1n) is 6.43. The van der Waals surface area contributed by atoms with Gasteiger partial charge in [-0.15, -0.1) is 11.8 Å². The molecule has 3 rings (SSSR count). The van der Waals surface area contributed by atoms with Gasteiger partial charge in [0.25, 0.3) is 10.1 Å². The first-order valence-corrected chi connectivity index (χ1v) is 9.24. The molecule has 0 saturated heterocycles. The zero-order chi connectivity index (χ0) is 15.9. The molecule has 1 unspecified atom stereocenters. The van der Waals surface area contributed by atoms with Gasteiger partial charge in [0.2, 0.25) is 0 Å². The van der Waals surface area contributed by atoms with E-state index >= 15 is 0 Å². The Morgan fingerprint density at radius 3 is 2.59 bits per heavy atom. The van der Waals surface area contributed by atoms with Crippen molar-refractivity contribution < 1.29 is 21.4 Å². The molecule has 7 heteroatoms. The lowest BCUT2D eigenvalue weighted by Gasteiger charge is -2.19. The maximum Gasteiger partial charge on any atom is 0.265 e. The molecule has 0 saturated carbocycles. The fraction of sp³-hybridized carbons (Fsp3) is 0.200. The van der Waals surface area contributed by atoms with Gasteiger partial charge in [-0.1, -0.05) is 24.3 Å². The molecule has 0 spiro atoms. The number of fused-ring (bicyclic) bond motifs is 2. The quantitative estimate of drug-likeness (QED) is 0.782. The van der Waals surface area contributed by atoms with E-state index in [0.29, 0.717) is 11.1 Å². The smallest absolute Gasteiger partial charge is 0.257 e. The van der Waals surface area contributed by atoms with Gasteiger partial charge in [-0.2, -0.15) is 8.42 Å². The van der Waals surface area contributed by atoms with Crippen molar-refractivity contribution in [1.29, 1.82) is 0 Å². The van der Waals surface area contributed by atoms with Gasteiger partial charge in [-0.3, -0.25) is 4.18 Å². The summed E-state index contributed by atoms with van der Waals surface area (Å²) in [6.07, 6.45) is -0.0426. The highest BCUT2D eigenvalue weighted by Crippen LogP contribution is 2.42. The van der Waals surface area contributed by atoms with Crippen LogP contribution in [0.15, 0.2) is 41.3 Å². The number of rotatable bonds is 2. The summed E-state index contributed by atoms with van der Waals surface area (Å²) in [4.78, 5) is 0.784. The Morgan fingerprint density at radius 1 is 1.14 bits per heavy atom. The molecule has 0 aromatic heterocycles. The molecule has 116 valence electrons. The minimum atomic E-state index is -3.77. The number of thioether (sulfide) groups is 1. The fourth-order valence-electron chi connectivity index (χ4n) is 2.42. The van der Waals surface area contributed by atoms with Crippen LogP contribution < -0.4 is 0 Å². The van der Waals surface area contributed by atoms with Gasteiger partial charge in [0.15, 0.2) is 11.6 Å². The average molecular weight is 342 g/mol. The lowest BCUT2D eigenvalue weighted by molar-refractivity contribution is 0.252. The van der Waals surface area contributed by atoms with Crippen LogP contribution in [-0.2, 0) is 20.1 Å². The van der Waals surface area contributed by atoms with Gasteiger partial charge < -0.3 is 0 Å². The molecular weight excluding hydrogens is 330 g/mol. The largest absolute Gasteiger partial charge is 0.265 e. The van der Waals surface area contributed by atoms with Gasteiger partial charge in [0.05, 0.1) is 6.26 Å². The molecule has 1 aliphatic rings. The second-order valence-corrected chi connectivity index (χ2v) is 7.55. The Bertz CT molecular complexity index is 835. The van der Waals surface area contributed by atoms with E-state index in [1.165, 1.54) is 17.8 Å². The topological polar surface area (TPSA) is 43.4 Å². The summed E-state index contributed by atoms with van der Waals surface area (Å²) in [5.41, 5.74) is 1.10. The number of benzene rings is 2. The molecule has 0 fully saturated rings. The minimum absolute atomic E-state index is 0.134. The standard InChI is InChI=1S/C15H12F2O3S2/c1-22(18,19)20-15-9-6-7-12(16)14(17)11(9)8-21-13-5-3-2-4-10(13)15/h2-7,15H,8H2,1H3. The zero-order valence-electron chi connectivity index (χ0n) is 11.5. The minimum Gasteiger partial charge on any atom is -0.257 e. The predicted octanol–water partition coefficient (Wildman–Crippen LogP) is 3.64. The molecule has 0 amide bonds. The molecule has 0 N–H and O–H groups in total. The van der Waals surface area contributed by atoms with Crippen LogP contribution in [0.1, 0.15) is 22.8 Å². The van der Waals surface area contributed by atoms with E-state index in [-0.39, 0.29) is 11.3 Å². The van der Waals surface area contributed by atoms with E-state index in [1.807, 2.05) is 0 Å². The van der Waals surface area contributed by atoms with E-state index in [4.69, 9.17) is 4.18 Å². The van der Waals surface area contributed by atoms with Crippen molar-refractivity contribution in [2.45, 2.75) is 16.8 Å². The van der Waals surface area contributed by atoms with Crippen molar-refractivity contribution in [3.05, 3.63) is 64.7 Å². The van der Waals surface area contributed by atoms with E-state index in [9.17, 15) is 17.2 Å². The third kappa shape index (κ3) is 2.88. The Hall–Kier alpha value is -1.44. The Labute approximate surface area is 131 Å². The highest BCUT2D eigenvalue weighted by Gasteiger charge is 2.30. The molecule has 2 aromatic carbocycles. The van der Waals surface area contributed by atoms with Crippen LogP contribution in [0.25, 0.3) is 0 Å². The first-order chi connectivity index (χ1) is 10.4. The highest BCUT2D eigenvalue weighted by molar-refractivity contribution is 7.98. The van der Waals surface area contributed by atoms with Crippen LogP contribution in [0.4, 0.5) is 8.78 Å². The summed E-state index contributed by atoms with van der Waals surface area (Å²) in [6, 6.07) is 9.46. The van der Waals surface area contributed by atoms with Crippen molar-refractivity contribution in [2.24, 2.45) is 0 Å². The number of hydrogen-bond donors (Lipinski definition) is 0. The van der Waals surface area contributed by atoms with Crippen LogP contribution in [0.5, 0.6) is 0 Å². The Morgan fingerprint density at radius 2 is 1.86 bits per heavy atom. The fourth-order valence-corrected chi connectivity index (χ4v) is 4.09. The van der Waals surface area contributed by atoms with Gasteiger partial charge in [0, 0.05) is 21.8 Å². The summed E-state index contributed by atoms with van der Waals surface area (Å²) in [5.74, 6) is -1.71. The normalized spacial score (nSPS) is 17.5. The van der Waals surface area contributed by atoms with E-state index in [1.54, 1.807) is 24.3 Å². The maximum atomic E-state index is 14.1. The summed E-state index contributed by atoms with van der Waals surface area (Å²) < 4.78 is 55.9. The van der Waals surface area contributed by atoms with Crippen molar-refractivity contribution in [3.8, 4) is 0 Å². The van der Waals surface area contributed by atoms with Crippen LogP contribution in [-0.4, -0.2) is 14.7 Å². The lowest BCUT2D eigenvalue weighted by atomic mass is 9.97. The van der Waals surface area contributed by atoms with Crippen LogP contribution in [0.2, 0.25) is 0 Å². The molecule has 1 heterocycles. The average Bonchev–Trinajstić information content (AvgIpc) is 2.60. The zero-order valence-corrected chi connectivity index (χ0v) is 13.2. The monoisotopic (exact) mass is 342 g/mol. The van der Waals surface area contributed by atoms with E-state index in [2.05, 4.69) is 0 Å². The summed E-state index contributed by atoms with van der Waals surface area (Å²) in [6.45, 7) is 0. The van der Waals surface area contributed by atoms with Crippen LogP contribution in [0, 0.1) is 11.6 Å². The number of halogens is 2. The predicted molar refractivity (Wildman–Crippen MR) is 80.1 cm³/mol. The molecule has 0 aliphatic carbocycles. The number of hydrogen-bond acceptors (Lipinski definition) is 4. The molecule has 1 atom stereocenters. The molecule has 0 radical (unpaired) electrons. The molecule has 3 nitrogen and oxygen atoms in total. The van der Waals surface area contributed by atoms with Crippen molar-refractivity contribution >= 4 is 21.9 Å². The third-order valence-electron chi connectivity index (χ3n) is 3.36. The summed E-state index contributed by atoms with van der Waals surface area (Å²) in [5, 5.41) is 0. The molecule has 22 heavy (non-hydrogen) atoms. The van der Waals surface area contributed by atoms with Gasteiger partial charge in [-0.05, 0) is 17.7 Å². The summed E-state index contributed by atoms with van der Waals surface area (Å²) >= 11 is 1.32. The first kappa shape index (κ1) is 15.5. The van der Waals surface area contributed by atoms with Gasteiger partial charge >= 0.3 is 0 Å². The molecule has 0 bridgehead atoms. The Balaban J connectivity index is 2.24. The van der Waals surface area contributed by atoms with Gasteiger partial charge in [-0.25, -0.2) is 8.78 Å². The molecular formula is C15H12F2O3S2. The second-order valence-electron chi connectivity index (χ2n) is 4.94. The second kappa shape index (κ2) is 5.64. The SMILES string of the molecule is CS(=O)(=O)OC1c2ccccc2SCc2c1ccc(F)c2F.